The Morgan fingerprint density at radius 2 is 1.50 bits per heavy atom. The van der Waals surface area contributed by atoms with Crippen molar-refractivity contribution in [1.29, 1.82) is 0 Å². The van der Waals surface area contributed by atoms with Crippen molar-refractivity contribution in [3.8, 4) is 5.75 Å². The van der Waals surface area contributed by atoms with E-state index in [9.17, 15) is 9.59 Å². The zero-order chi connectivity index (χ0) is 20.9. The first-order valence-corrected chi connectivity index (χ1v) is 11.0. The van der Waals surface area contributed by atoms with E-state index in [1.165, 1.54) is 12.8 Å². The van der Waals surface area contributed by atoms with Crippen LogP contribution in [0, 0.1) is 0 Å². The summed E-state index contributed by atoms with van der Waals surface area (Å²) in [4.78, 5) is 31.6. The monoisotopic (exact) mass is 412 g/mol. The Labute approximate surface area is 178 Å². The molecule has 0 saturated carbocycles. The highest BCUT2D eigenvalue weighted by Gasteiger charge is 2.24. The third-order valence-electron chi connectivity index (χ3n) is 6.33. The number of fused-ring (bicyclic) bond motifs is 1. The summed E-state index contributed by atoms with van der Waals surface area (Å²) in [6.07, 6.45) is 6.66. The summed E-state index contributed by atoms with van der Waals surface area (Å²) in [6.45, 7) is 5.48. The van der Waals surface area contributed by atoms with Crippen LogP contribution in [0.5, 0.6) is 5.75 Å². The number of methoxy groups -OCH3 is 1. The van der Waals surface area contributed by atoms with E-state index in [0.29, 0.717) is 26.2 Å². The lowest BCUT2D eigenvalue weighted by Crippen LogP contribution is -2.52. The zero-order valence-corrected chi connectivity index (χ0v) is 17.9. The van der Waals surface area contributed by atoms with E-state index in [4.69, 9.17) is 4.74 Å². The third kappa shape index (κ3) is 4.78. The molecule has 2 amide bonds. The molecule has 4 rings (SSSR count). The number of hydrogen-bond acceptors (Lipinski definition) is 4. The molecule has 1 aromatic carbocycles. The van der Waals surface area contributed by atoms with Crippen molar-refractivity contribution < 1.29 is 14.3 Å². The molecule has 1 aromatic heterocycles. The minimum absolute atomic E-state index is 0.127. The SMILES string of the molecule is COc1ccc2c(ccn2CC(=O)N2CCN(CC(=O)N3CCCCCC3)CC2)c1. The molecule has 0 bridgehead atoms. The van der Waals surface area contributed by atoms with Crippen LogP contribution in [0.2, 0.25) is 0 Å². The normalized spacial score (nSPS) is 18.4. The number of benzene rings is 1. The first kappa shape index (κ1) is 20.7. The lowest BCUT2D eigenvalue weighted by atomic mass is 10.2. The first-order chi connectivity index (χ1) is 14.6. The maximum Gasteiger partial charge on any atom is 0.242 e. The Kier molecular flexibility index (Phi) is 6.57. The Morgan fingerprint density at radius 3 is 2.20 bits per heavy atom. The number of aromatic nitrogens is 1. The Bertz CT molecular complexity index is 878. The van der Waals surface area contributed by atoms with Crippen molar-refractivity contribution in [3.05, 3.63) is 30.5 Å². The van der Waals surface area contributed by atoms with Gasteiger partial charge in [-0.15, -0.1) is 0 Å². The van der Waals surface area contributed by atoms with E-state index in [1.807, 2.05) is 44.8 Å². The second-order valence-electron chi connectivity index (χ2n) is 8.32. The fourth-order valence-corrected chi connectivity index (χ4v) is 4.46. The van der Waals surface area contributed by atoms with Crippen LogP contribution in [0.4, 0.5) is 0 Å². The third-order valence-corrected chi connectivity index (χ3v) is 6.33. The number of amides is 2. The molecule has 0 N–H and O–H groups in total. The van der Waals surface area contributed by atoms with E-state index in [-0.39, 0.29) is 11.8 Å². The van der Waals surface area contributed by atoms with Crippen LogP contribution < -0.4 is 4.74 Å². The average molecular weight is 413 g/mol. The molecule has 3 heterocycles. The van der Waals surface area contributed by atoms with Gasteiger partial charge in [0.15, 0.2) is 0 Å². The van der Waals surface area contributed by atoms with E-state index < -0.39 is 0 Å². The standard InChI is InChI=1S/C23H32N4O3/c1-30-20-6-7-21-19(16-20)8-11-27(21)18-23(29)26-14-12-24(13-15-26)17-22(28)25-9-4-2-3-5-10-25/h6-8,11,16H,2-5,9-10,12-15,17-18H2,1H3. The van der Waals surface area contributed by atoms with Crippen LogP contribution >= 0.6 is 0 Å². The number of nitrogens with zero attached hydrogens (tertiary/aromatic N) is 4. The average Bonchev–Trinajstić information content (AvgIpc) is 2.97. The number of hydrogen-bond donors (Lipinski definition) is 0. The summed E-state index contributed by atoms with van der Waals surface area (Å²) >= 11 is 0. The molecule has 7 heteroatoms. The smallest absolute Gasteiger partial charge is 0.242 e. The predicted molar refractivity (Wildman–Crippen MR) is 117 cm³/mol. The van der Waals surface area contributed by atoms with Crippen molar-refractivity contribution in [2.75, 3.05) is 52.9 Å². The minimum Gasteiger partial charge on any atom is -0.497 e. The highest BCUT2D eigenvalue weighted by Crippen LogP contribution is 2.22. The number of rotatable bonds is 5. The van der Waals surface area contributed by atoms with Crippen LogP contribution in [0.3, 0.4) is 0 Å². The number of carbonyl (C=O) groups excluding carboxylic acids is 2. The van der Waals surface area contributed by atoms with Gasteiger partial charge in [0.2, 0.25) is 11.8 Å². The molecular formula is C23H32N4O3. The Balaban J connectivity index is 1.27. The molecule has 0 aliphatic carbocycles. The van der Waals surface area contributed by atoms with Gasteiger partial charge in [0, 0.05) is 56.4 Å². The number of likely N-dealkylation sites (tertiary alicyclic amines) is 1. The molecule has 2 aromatic rings. The lowest BCUT2D eigenvalue weighted by Gasteiger charge is -2.35. The Hall–Kier alpha value is -2.54. The summed E-state index contributed by atoms with van der Waals surface area (Å²) < 4.78 is 7.27. The number of ether oxygens (including phenoxy) is 1. The molecule has 7 nitrogen and oxygen atoms in total. The molecule has 162 valence electrons. The van der Waals surface area contributed by atoms with Crippen molar-refractivity contribution in [1.82, 2.24) is 19.3 Å². The highest BCUT2D eigenvalue weighted by molar-refractivity contribution is 5.84. The van der Waals surface area contributed by atoms with Crippen LogP contribution in [-0.4, -0.2) is 84.0 Å². The van der Waals surface area contributed by atoms with Gasteiger partial charge in [0.25, 0.3) is 0 Å². The second-order valence-corrected chi connectivity index (χ2v) is 8.32. The quantitative estimate of drug-likeness (QED) is 0.756. The number of piperazine rings is 1. The van der Waals surface area contributed by atoms with Gasteiger partial charge in [-0.3, -0.25) is 14.5 Å². The first-order valence-electron chi connectivity index (χ1n) is 11.0. The highest BCUT2D eigenvalue weighted by atomic mass is 16.5. The van der Waals surface area contributed by atoms with Gasteiger partial charge in [0.05, 0.1) is 13.7 Å². The number of carbonyl (C=O) groups is 2. The van der Waals surface area contributed by atoms with Crippen molar-refractivity contribution in [2.45, 2.75) is 32.2 Å². The van der Waals surface area contributed by atoms with Crippen LogP contribution in [0.25, 0.3) is 10.9 Å². The molecule has 2 aliphatic rings. The lowest BCUT2D eigenvalue weighted by molar-refractivity contribution is -0.135. The minimum atomic E-state index is 0.127. The van der Waals surface area contributed by atoms with Crippen LogP contribution in [0.15, 0.2) is 30.5 Å². The van der Waals surface area contributed by atoms with Crippen molar-refractivity contribution in [2.24, 2.45) is 0 Å². The maximum absolute atomic E-state index is 12.8. The summed E-state index contributed by atoms with van der Waals surface area (Å²) in [5.74, 6) is 1.19. The van der Waals surface area contributed by atoms with Crippen molar-refractivity contribution in [3.63, 3.8) is 0 Å². The van der Waals surface area contributed by atoms with E-state index in [2.05, 4.69) is 4.90 Å². The summed E-state index contributed by atoms with van der Waals surface area (Å²) in [5.41, 5.74) is 1.03. The summed E-state index contributed by atoms with van der Waals surface area (Å²) in [7, 11) is 1.66. The van der Waals surface area contributed by atoms with Gasteiger partial charge >= 0.3 is 0 Å². The molecule has 0 atom stereocenters. The predicted octanol–water partition coefficient (Wildman–Crippen LogP) is 2.20. The zero-order valence-electron chi connectivity index (χ0n) is 17.9. The summed E-state index contributed by atoms with van der Waals surface area (Å²) in [5, 5.41) is 1.07. The molecule has 0 radical (unpaired) electrons. The van der Waals surface area contributed by atoms with Gasteiger partial charge < -0.3 is 19.1 Å². The fraction of sp³-hybridized carbons (Fsp3) is 0.565. The molecular weight excluding hydrogens is 380 g/mol. The Morgan fingerprint density at radius 1 is 0.833 bits per heavy atom. The largest absolute Gasteiger partial charge is 0.497 e. The van der Waals surface area contributed by atoms with E-state index in [0.717, 1.165) is 55.7 Å². The van der Waals surface area contributed by atoms with E-state index in [1.54, 1.807) is 7.11 Å². The molecule has 0 unspecified atom stereocenters. The summed E-state index contributed by atoms with van der Waals surface area (Å²) in [6, 6.07) is 7.91. The van der Waals surface area contributed by atoms with Gasteiger partial charge in [-0.05, 0) is 37.1 Å². The van der Waals surface area contributed by atoms with Gasteiger partial charge in [-0.2, -0.15) is 0 Å². The van der Waals surface area contributed by atoms with Gasteiger partial charge in [0.1, 0.15) is 12.3 Å². The molecule has 2 aliphatic heterocycles. The second kappa shape index (κ2) is 9.51. The fourth-order valence-electron chi connectivity index (χ4n) is 4.46. The maximum atomic E-state index is 12.8. The molecule has 2 saturated heterocycles. The van der Waals surface area contributed by atoms with E-state index >= 15 is 0 Å². The van der Waals surface area contributed by atoms with Gasteiger partial charge in [-0.25, -0.2) is 0 Å². The van der Waals surface area contributed by atoms with Crippen molar-refractivity contribution >= 4 is 22.7 Å². The molecule has 30 heavy (non-hydrogen) atoms. The molecule has 0 spiro atoms. The van der Waals surface area contributed by atoms with Gasteiger partial charge in [-0.1, -0.05) is 12.8 Å². The molecule has 2 fully saturated rings. The van der Waals surface area contributed by atoms with Crippen LogP contribution in [-0.2, 0) is 16.1 Å². The topological polar surface area (TPSA) is 58.0 Å². The van der Waals surface area contributed by atoms with Crippen LogP contribution in [0.1, 0.15) is 25.7 Å².